The Kier molecular flexibility index (Phi) is 32.1. The van der Waals surface area contributed by atoms with Gasteiger partial charge in [0.2, 0.25) is 0 Å². The van der Waals surface area contributed by atoms with Crippen LogP contribution >= 0.6 is 0 Å². The second-order valence-electron chi connectivity index (χ2n) is 1.64. The summed E-state index contributed by atoms with van der Waals surface area (Å²) in [6.07, 6.45) is 9.83. The quantitative estimate of drug-likeness (QED) is 0.555. The van der Waals surface area contributed by atoms with Crippen molar-refractivity contribution in [1.29, 1.82) is 0 Å². The zero-order valence-electron chi connectivity index (χ0n) is 7.75. The molecule has 0 aliphatic heterocycles. The minimum atomic E-state index is -0.611. The van der Waals surface area contributed by atoms with Crippen LogP contribution in [0, 0.1) is 0 Å². The van der Waals surface area contributed by atoms with Crippen molar-refractivity contribution in [3.05, 3.63) is 24.8 Å². The molecule has 0 amide bonds. The van der Waals surface area contributed by atoms with Crippen LogP contribution in [0.2, 0.25) is 0 Å². The van der Waals surface area contributed by atoms with Crippen molar-refractivity contribution >= 4 is 10.8 Å². The molecule has 1 aromatic rings. The fourth-order valence-electron chi connectivity index (χ4n) is 0.253. The van der Waals surface area contributed by atoms with Crippen molar-refractivity contribution in [1.82, 2.24) is 16.1 Å². The number of nitrogens with zero attached hydrogens (tertiary/aromatic N) is 2. The van der Waals surface area contributed by atoms with E-state index in [1.165, 1.54) is 0 Å². The molecule has 0 saturated carbocycles. The molecule has 4 nitrogen and oxygen atoms in total. The number of rotatable bonds is 0. The van der Waals surface area contributed by atoms with E-state index in [1.807, 2.05) is 0 Å². The summed E-state index contributed by atoms with van der Waals surface area (Å²) < 4.78 is 9.56. The summed E-state index contributed by atoms with van der Waals surface area (Å²) >= 11 is 0. The molecule has 0 aromatic carbocycles. The van der Waals surface area contributed by atoms with Gasteiger partial charge in [0, 0.05) is 67.6 Å². The van der Waals surface area contributed by atoms with E-state index in [4.69, 9.17) is 0 Å². The van der Waals surface area contributed by atoms with Gasteiger partial charge in [0.1, 0.15) is 0 Å². The normalized spacial score (nSPS) is 6.38. The van der Waals surface area contributed by atoms with Gasteiger partial charge in [-0.2, -0.15) is 0 Å². The Balaban J connectivity index is -0.0000000536. The standard InChI is InChI=1S/C4H4N2.C2H6OS.ClH.H3N.Ru/c1-2-6-4-3-5-1;1-4(2)3;;;/h1-4H;1-2H3;1H;1H3;. The number of quaternary nitrogens is 1. The van der Waals surface area contributed by atoms with Crippen LogP contribution in [0.1, 0.15) is 0 Å². The summed E-state index contributed by atoms with van der Waals surface area (Å²) in [7, 11) is -0.611. The third-order valence-corrected chi connectivity index (χ3v) is 0.478. The second-order valence-corrected chi connectivity index (χ2v) is 3.12. The summed E-state index contributed by atoms with van der Waals surface area (Å²) in [4.78, 5) is 7.44. The summed E-state index contributed by atoms with van der Waals surface area (Å²) in [5.74, 6) is 0. The molecular weight excluding hydrogens is 299 g/mol. The molecule has 1 rings (SSSR count). The van der Waals surface area contributed by atoms with Crippen LogP contribution in [0.5, 0.6) is 0 Å². The van der Waals surface area contributed by atoms with E-state index >= 15 is 0 Å². The van der Waals surface area contributed by atoms with Crippen molar-refractivity contribution in [2.75, 3.05) is 12.5 Å². The molecule has 0 unspecified atom stereocenters. The molecule has 0 saturated heterocycles. The average molecular weight is 313 g/mol. The van der Waals surface area contributed by atoms with Gasteiger partial charge in [-0.15, -0.1) is 0 Å². The zero-order chi connectivity index (χ0) is 7.82. The molecule has 7 heteroatoms. The van der Waals surface area contributed by atoms with Crippen LogP contribution in [-0.4, -0.2) is 26.7 Å². The van der Waals surface area contributed by atoms with Crippen molar-refractivity contribution in [2.24, 2.45) is 0 Å². The molecule has 1 heterocycles. The first-order chi connectivity index (χ1) is 4.73. The molecule has 0 spiro atoms. The van der Waals surface area contributed by atoms with Gasteiger partial charge in [-0.25, -0.2) is 0 Å². The van der Waals surface area contributed by atoms with Crippen LogP contribution in [0.15, 0.2) is 24.8 Å². The van der Waals surface area contributed by atoms with Crippen LogP contribution < -0.4 is 18.6 Å². The van der Waals surface area contributed by atoms with Gasteiger partial charge < -0.3 is 18.6 Å². The largest absolute Gasteiger partial charge is 1.00 e. The third kappa shape index (κ3) is 33.2. The molecule has 4 N–H and O–H groups in total. The first-order valence-electron chi connectivity index (χ1n) is 2.68. The monoisotopic (exact) mass is 313 g/mol. The molecular formula is C6H14ClN3ORuS. The van der Waals surface area contributed by atoms with Crippen molar-refractivity contribution in [3.8, 4) is 0 Å². The van der Waals surface area contributed by atoms with Gasteiger partial charge >= 0.3 is 0 Å². The number of hydrogen-bond donors (Lipinski definition) is 1. The van der Waals surface area contributed by atoms with Gasteiger partial charge in [0.05, 0.1) is 0 Å². The van der Waals surface area contributed by atoms with E-state index in [-0.39, 0.29) is 38.0 Å². The molecule has 0 aliphatic carbocycles. The minimum absolute atomic E-state index is 0. The van der Waals surface area contributed by atoms with Gasteiger partial charge in [-0.05, 0) is 0 Å². The maximum Gasteiger partial charge on any atom is 0.0451 e. The molecule has 0 fully saturated rings. The molecule has 80 valence electrons. The SMILES string of the molecule is CS(C)=O.[Cl-].[NH4+].[Ru].c1cnccn1. The fraction of sp³-hybridized carbons (Fsp3) is 0.333. The van der Waals surface area contributed by atoms with E-state index in [0.29, 0.717) is 0 Å². The average Bonchev–Trinajstić information content (AvgIpc) is 1.90. The predicted molar refractivity (Wildman–Crippen MR) is 48.0 cm³/mol. The topological polar surface area (TPSA) is 79.4 Å². The molecule has 1 aromatic heterocycles. The van der Waals surface area contributed by atoms with E-state index in [0.717, 1.165) is 0 Å². The van der Waals surface area contributed by atoms with E-state index < -0.39 is 10.8 Å². The molecule has 0 radical (unpaired) electrons. The fourth-order valence-corrected chi connectivity index (χ4v) is 0.253. The Morgan fingerprint density at radius 3 is 1.23 bits per heavy atom. The summed E-state index contributed by atoms with van der Waals surface area (Å²) in [5.41, 5.74) is 0. The molecule has 13 heavy (non-hydrogen) atoms. The second kappa shape index (κ2) is 18.0. The van der Waals surface area contributed by atoms with Crippen LogP contribution in [0.25, 0.3) is 0 Å². The summed E-state index contributed by atoms with van der Waals surface area (Å²) in [6.45, 7) is 0. The Labute approximate surface area is 100 Å². The van der Waals surface area contributed by atoms with E-state index in [1.54, 1.807) is 37.3 Å². The summed E-state index contributed by atoms with van der Waals surface area (Å²) in [5, 5.41) is 0. The predicted octanol–water partition coefficient (Wildman–Crippen LogP) is -2.15. The van der Waals surface area contributed by atoms with Crippen LogP contribution in [0.3, 0.4) is 0 Å². The maximum absolute atomic E-state index is 9.56. The van der Waals surface area contributed by atoms with Crippen LogP contribution in [-0.2, 0) is 30.3 Å². The number of hydrogen-bond acceptors (Lipinski definition) is 3. The van der Waals surface area contributed by atoms with E-state index in [2.05, 4.69) is 9.97 Å². The molecule has 0 bridgehead atoms. The Bertz CT molecular complexity index is 160. The molecule has 0 aliphatic rings. The van der Waals surface area contributed by atoms with Gasteiger partial charge in [0.25, 0.3) is 0 Å². The Morgan fingerprint density at radius 1 is 1.00 bits per heavy atom. The number of aromatic nitrogens is 2. The smallest absolute Gasteiger partial charge is 0.0451 e. The van der Waals surface area contributed by atoms with Gasteiger partial charge in [-0.3, -0.25) is 14.2 Å². The van der Waals surface area contributed by atoms with Crippen molar-refractivity contribution in [3.63, 3.8) is 0 Å². The van der Waals surface area contributed by atoms with Gasteiger partial charge in [0.15, 0.2) is 0 Å². The van der Waals surface area contributed by atoms with Gasteiger partial charge in [-0.1, -0.05) is 0 Å². The first-order valence-corrected chi connectivity index (χ1v) is 4.65. The zero-order valence-corrected chi connectivity index (χ0v) is 11.1. The summed E-state index contributed by atoms with van der Waals surface area (Å²) in [6, 6.07) is 0. The van der Waals surface area contributed by atoms with Crippen molar-refractivity contribution in [2.45, 2.75) is 0 Å². The van der Waals surface area contributed by atoms with Crippen LogP contribution in [0.4, 0.5) is 0 Å². The molecule has 0 atom stereocenters. The van der Waals surface area contributed by atoms with E-state index in [9.17, 15) is 4.21 Å². The first kappa shape index (κ1) is 23.2. The Morgan fingerprint density at radius 2 is 1.15 bits per heavy atom. The van der Waals surface area contributed by atoms with Crippen molar-refractivity contribution < 1.29 is 36.1 Å². The Hall–Kier alpha value is 0.103. The third-order valence-electron chi connectivity index (χ3n) is 0.478. The maximum atomic E-state index is 9.56. The minimum Gasteiger partial charge on any atom is -1.00 e. The number of halogens is 1.